The van der Waals surface area contributed by atoms with Gasteiger partial charge in [0, 0.05) is 6.42 Å². The molecule has 0 saturated carbocycles. The maximum absolute atomic E-state index is 12.0. The number of aryl methyl sites for hydroxylation is 1. The molecule has 0 aliphatic rings. The van der Waals surface area contributed by atoms with E-state index in [1.807, 2.05) is 13.8 Å². The van der Waals surface area contributed by atoms with Gasteiger partial charge in [-0.15, -0.1) is 0 Å². The van der Waals surface area contributed by atoms with Crippen LogP contribution in [0.1, 0.15) is 25.3 Å². The van der Waals surface area contributed by atoms with E-state index in [9.17, 15) is 13.2 Å². The van der Waals surface area contributed by atoms with Crippen molar-refractivity contribution in [3.8, 4) is 5.75 Å². The number of sulfonamides is 1. The summed E-state index contributed by atoms with van der Waals surface area (Å²) in [5, 5.41) is 0. The fourth-order valence-electron chi connectivity index (χ4n) is 1.72. The molecule has 1 aromatic carbocycles. The summed E-state index contributed by atoms with van der Waals surface area (Å²) in [6.07, 6.45) is 0.279. The number of anilines is 1. The molecule has 0 aromatic heterocycles. The molecule has 1 rings (SSSR count). The number of carbonyl (C=O) groups excluding carboxylic acids is 1. The number of esters is 1. The Morgan fingerprint density at radius 1 is 1.33 bits per heavy atom. The second-order valence-corrected chi connectivity index (χ2v) is 6.38. The maximum atomic E-state index is 12.0. The molecule has 0 unspecified atom stereocenters. The Labute approximate surface area is 125 Å². The smallest absolute Gasteiger partial charge is 0.305 e. The highest BCUT2D eigenvalue weighted by Crippen LogP contribution is 2.26. The van der Waals surface area contributed by atoms with Gasteiger partial charge in [-0.3, -0.25) is 9.52 Å². The molecule has 118 valence electrons. The Morgan fingerprint density at radius 3 is 2.67 bits per heavy atom. The third-order valence-electron chi connectivity index (χ3n) is 2.72. The minimum Gasteiger partial charge on any atom is -0.492 e. The monoisotopic (exact) mass is 315 g/mol. The minimum absolute atomic E-state index is 0.0730. The molecular formula is C14H21NO5S. The van der Waals surface area contributed by atoms with Crippen LogP contribution in [0, 0.1) is 6.92 Å². The number of benzene rings is 1. The van der Waals surface area contributed by atoms with Crippen molar-refractivity contribution in [3.63, 3.8) is 0 Å². The standard InChI is InChI=1S/C14H21NO5S/c1-4-20-13-10-11(2)7-8-12(13)15-21(17,18)9-5-6-14(16)19-3/h7-8,10,15H,4-6,9H2,1-3H3. The lowest BCUT2D eigenvalue weighted by Crippen LogP contribution is -2.18. The van der Waals surface area contributed by atoms with Gasteiger partial charge in [-0.1, -0.05) is 6.07 Å². The lowest BCUT2D eigenvalue weighted by Gasteiger charge is -2.13. The highest BCUT2D eigenvalue weighted by Gasteiger charge is 2.14. The molecular weight excluding hydrogens is 294 g/mol. The van der Waals surface area contributed by atoms with Crippen LogP contribution in [0.15, 0.2) is 18.2 Å². The molecule has 0 saturated heterocycles. The molecule has 0 aliphatic carbocycles. The van der Waals surface area contributed by atoms with Crippen LogP contribution in [0.2, 0.25) is 0 Å². The van der Waals surface area contributed by atoms with Crippen LogP contribution in [-0.4, -0.2) is 33.9 Å². The Balaban J connectivity index is 2.72. The lowest BCUT2D eigenvalue weighted by atomic mass is 10.2. The van der Waals surface area contributed by atoms with Gasteiger partial charge in [-0.05, 0) is 38.0 Å². The van der Waals surface area contributed by atoms with E-state index in [1.54, 1.807) is 18.2 Å². The van der Waals surface area contributed by atoms with E-state index in [1.165, 1.54) is 7.11 Å². The number of nitrogens with one attached hydrogen (secondary N) is 1. The van der Waals surface area contributed by atoms with Gasteiger partial charge in [0.2, 0.25) is 10.0 Å². The van der Waals surface area contributed by atoms with Gasteiger partial charge in [-0.25, -0.2) is 8.42 Å². The van der Waals surface area contributed by atoms with E-state index < -0.39 is 16.0 Å². The first-order valence-electron chi connectivity index (χ1n) is 6.68. The quantitative estimate of drug-likeness (QED) is 0.743. The van der Waals surface area contributed by atoms with Crippen molar-refractivity contribution >= 4 is 21.7 Å². The van der Waals surface area contributed by atoms with Gasteiger partial charge >= 0.3 is 5.97 Å². The summed E-state index contributed by atoms with van der Waals surface area (Å²) < 4.78 is 36.4. The Morgan fingerprint density at radius 2 is 2.05 bits per heavy atom. The van der Waals surface area contributed by atoms with Crippen LogP contribution in [-0.2, 0) is 19.6 Å². The van der Waals surface area contributed by atoms with Crippen LogP contribution in [0.3, 0.4) is 0 Å². The van der Waals surface area contributed by atoms with Crippen LogP contribution in [0.4, 0.5) is 5.69 Å². The fraction of sp³-hybridized carbons (Fsp3) is 0.500. The first-order chi connectivity index (χ1) is 9.88. The topological polar surface area (TPSA) is 81.7 Å². The molecule has 7 heteroatoms. The highest BCUT2D eigenvalue weighted by atomic mass is 32.2. The summed E-state index contributed by atoms with van der Waals surface area (Å²) in [7, 11) is -2.26. The molecule has 0 heterocycles. The molecule has 0 radical (unpaired) electrons. The summed E-state index contributed by atoms with van der Waals surface area (Å²) in [4.78, 5) is 11.0. The average molecular weight is 315 g/mol. The van der Waals surface area contributed by atoms with Crippen molar-refractivity contribution in [1.29, 1.82) is 0 Å². The van der Waals surface area contributed by atoms with E-state index in [2.05, 4.69) is 9.46 Å². The summed E-state index contributed by atoms with van der Waals surface area (Å²) >= 11 is 0. The van der Waals surface area contributed by atoms with Crippen LogP contribution in [0.5, 0.6) is 5.75 Å². The average Bonchev–Trinajstić information content (AvgIpc) is 2.41. The number of carbonyl (C=O) groups is 1. The van der Waals surface area contributed by atoms with Crippen molar-refractivity contribution < 1.29 is 22.7 Å². The number of hydrogen-bond acceptors (Lipinski definition) is 5. The van der Waals surface area contributed by atoms with Gasteiger partial charge < -0.3 is 9.47 Å². The number of ether oxygens (including phenoxy) is 2. The number of hydrogen-bond donors (Lipinski definition) is 1. The third-order valence-corrected chi connectivity index (χ3v) is 4.08. The van der Waals surface area contributed by atoms with Gasteiger partial charge in [0.25, 0.3) is 0 Å². The first kappa shape index (κ1) is 17.3. The van der Waals surface area contributed by atoms with E-state index in [0.29, 0.717) is 18.0 Å². The van der Waals surface area contributed by atoms with E-state index in [0.717, 1.165) is 5.56 Å². The zero-order chi connectivity index (χ0) is 15.9. The first-order valence-corrected chi connectivity index (χ1v) is 8.34. The highest BCUT2D eigenvalue weighted by molar-refractivity contribution is 7.92. The molecule has 1 aromatic rings. The largest absolute Gasteiger partial charge is 0.492 e. The fourth-order valence-corrected chi connectivity index (χ4v) is 2.85. The Bertz CT molecular complexity index is 583. The Hall–Kier alpha value is -1.76. The van der Waals surface area contributed by atoms with E-state index in [4.69, 9.17) is 4.74 Å². The number of methoxy groups -OCH3 is 1. The van der Waals surface area contributed by atoms with Crippen molar-refractivity contribution in [3.05, 3.63) is 23.8 Å². The molecule has 0 fully saturated rings. The summed E-state index contributed by atoms with van der Waals surface area (Å²) in [6, 6.07) is 5.24. The molecule has 0 atom stereocenters. The summed E-state index contributed by atoms with van der Waals surface area (Å²) in [6.45, 7) is 4.18. The summed E-state index contributed by atoms with van der Waals surface area (Å²) in [5.74, 6) is -0.0776. The predicted octanol–water partition coefficient (Wildman–Crippen LogP) is 2.09. The normalized spacial score (nSPS) is 11.0. The minimum atomic E-state index is -3.53. The van der Waals surface area contributed by atoms with Crippen molar-refractivity contribution in [1.82, 2.24) is 0 Å². The van der Waals surface area contributed by atoms with Crippen molar-refractivity contribution in [2.75, 3.05) is 24.2 Å². The molecule has 0 aliphatic heterocycles. The van der Waals surface area contributed by atoms with Gasteiger partial charge in [0.1, 0.15) is 5.75 Å². The predicted molar refractivity (Wildman–Crippen MR) is 81.0 cm³/mol. The SMILES string of the molecule is CCOc1cc(C)ccc1NS(=O)(=O)CCCC(=O)OC. The van der Waals surface area contributed by atoms with Crippen molar-refractivity contribution in [2.24, 2.45) is 0 Å². The van der Waals surface area contributed by atoms with Gasteiger partial charge in [-0.2, -0.15) is 0 Å². The third kappa shape index (κ3) is 6.03. The van der Waals surface area contributed by atoms with Crippen LogP contribution >= 0.6 is 0 Å². The van der Waals surface area contributed by atoms with Crippen molar-refractivity contribution in [2.45, 2.75) is 26.7 Å². The molecule has 0 bridgehead atoms. The second kappa shape index (κ2) is 7.87. The maximum Gasteiger partial charge on any atom is 0.305 e. The summed E-state index contributed by atoms with van der Waals surface area (Å²) in [5.41, 5.74) is 1.38. The van der Waals surface area contributed by atoms with E-state index >= 15 is 0 Å². The molecule has 0 amide bonds. The lowest BCUT2D eigenvalue weighted by molar-refractivity contribution is -0.140. The Kier molecular flexibility index (Phi) is 6.48. The van der Waals surface area contributed by atoms with Crippen LogP contribution in [0.25, 0.3) is 0 Å². The van der Waals surface area contributed by atoms with E-state index in [-0.39, 0.29) is 18.6 Å². The molecule has 21 heavy (non-hydrogen) atoms. The molecule has 0 spiro atoms. The zero-order valence-electron chi connectivity index (χ0n) is 12.5. The molecule has 6 nitrogen and oxygen atoms in total. The number of rotatable bonds is 8. The van der Waals surface area contributed by atoms with Crippen LogP contribution < -0.4 is 9.46 Å². The zero-order valence-corrected chi connectivity index (χ0v) is 13.3. The second-order valence-electron chi connectivity index (χ2n) is 4.53. The van der Waals surface area contributed by atoms with Gasteiger partial charge in [0.05, 0.1) is 25.2 Å². The molecule has 1 N–H and O–H groups in total. The van der Waals surface area contributed by atoms with Gasteiger partial charge in [0.15, 0.2) is 0 Å².